The molecule has 0 atom stereocenters. The molecule has 0 aliphatic heterocycles. The number of nitriles is 1. The van der Waals surface area contributed by atoms with Gasteiger partial charge in [-0.3, -0.25) is 0 Å². The molecule has 1 aromatic carbocycles. The van der Waals surface area contributed by atoms with Crippen LogP contribution in [0.4, 0.5) is 0 Å². The third-order valence-electron chi connectivity index (χ3n) is 2.46. The van der Waals surface area contributed by atoms with E-state index in [0.29, 0.717) is 12.1 Å². The lowest BCUT2D eigenvalue weighted by Crippen LogP contribution is -2.08. The number of rotatable bonds is 3. The van der Waals surface area contributed by atoms with Crippen molar-refractivity contribution in [2.45, 2.75) is 6.54 Å². The molecule has 0 amide bonds. The van der Waals surface area contributed by atoms with Crippen molar-refractivity contribution < 1.29 is 9.90 Å². The first-order valence-corrected chi connectivity index (χ1v) is 5.08. The number of carbonyl (C=O) groups is 1. The highest BCUT2D eigenvalue weighted by Gasteiger charge is 2.08. The molecule has 0 saturated carbocycles. The van der Waals surface area contributed by atoms with Crippen molar-refractivity contribution in [2.24, 2.45) is 0 Å². The second kappa shape index (κ2) is 4.54. The fourth-order valence-corrected chi connectivity index (χ4v) is 1.68. The molecule has 0 spiro atoms. The molecular weight excluding hydrogens is 216 g/mol. The van der Waals surface area contributed by atoms with Gasteiger partial charge in [-0.2, -0.15) is 5.26 Å². The molecule has 0 bridgehead atoms. The Labute approximate surface area is 98.4 Å². The van der Waals surface area contributed by atoms with Gasteiger partial charge in [-0.15, -0.1) is 0 Å². The molecule has 17 heavy (non-hydrogen) atoms. The van der Waals surface area contributed by atoms with E-state index in [4.69, 9.17) is 10.4 Å². The van der Waals surface area contributed by atoms with Crippen molar-refractivity contribution in [1.29, 1.82) is 5.26 Å². The molecule has 0 radical (unpaired) electrons. The van der Waals surface area contributed by atoms with E-state index in [1.807, 2.05) is 6.07 Å². The monoisotopic (exact) mass is 226 g/mol. The van der Waals surface area contributed by atoms with Crippen LogP contribution in [0.15, 0.2) is 42.6 Å². The average Bonchev–Trinajstić information content (AvgIpc) is 2.77. The molecule has 1 heterocycles. The molecular formula is C13H10N2O2. The summed E-state index contributed by atoms with van der Waals surface area (Å²) in [6, 6.07) is 12.4. The van der Waals surface area contributed by atoms with Gasteiger partial charge in [-0.25, -0.2) is 4.79 Å². The van der Waals surface area contributed by atoms with Crippen LogP contribution >= 0.6 is 0 Å². The third-order valence-corrected chi connectivity index (χ3v) is 2.46. The summed E-state index contributed by atoms with van der Waals surface area (Å²) in [7, 11) is 0. The molecule has 84 valence electrons. The van der Waals surface area contributed by atoms with Gasteiger partial charge in [0.2, 0.25) is 0 Å². The van der Waals surface area contributed by atoms with Gasteiger partial charge in [-0.05, 0) is 29.8 Å². The Balaban J connectivity index is 2.29. The van der Waals surface area contributed by atoms with Gasteiger partial charge < -0.3 is 9.67 Å². The van der Waals surface area contributed by atoms with Crippen molar-refractivity contribution in [3.8, 4) is 6.07 Å². The van der Waals surface area contributed by atoms with E-state index in [9.17, 15) is 4.79 Å². The maximum Gasteiger partial charge on any atom is 0.352 e. The van der Waals surface area contributed by atoms with E-state index in [-0.39, 0.29) is 5.69 Å². The number of hydrogen-bond donors (Lipinski definition) is 1. The largest absolute Gasteiger partial charge is 0.477 e. The maximum atomic E-state index is 10.9. The first kappa shape index (κ1) is 11.0. The third kappa shape index (κ3) is 2.34. The maximum absolute atomic E-state index is 10.9. The minimum atomic E-state index is -0.952. The fourth-order valence-electron chi connectivity index (χ4n) is 1.68. The first-order valence-electron chi connectivity index (χ1n) is 5.08. The molecule has 1 aromatic heterocycles. The van der Waals surface area contributed by atoms with Crippen molar-refractivity contribution in [3.05, 3.63) is 59.4 Å². The molecule has 4 nitrogen and oxygen atoms in total. The zero-order chi connectivity index (χ0) is 12.3. The standard InChI is InChI=1S/C13H10N2O2/c14-8-10-3-1-4-11(7-10)9-15-6-2-5-12(15)13(16)17/h1-7H,9H2,(H,16,17). The number of aromatic carboxylic acids is 1. The average molecular weight is 226 g/mol. The number of carboxylic acids is 1. The van der Waals surface area contributed by atoms with E-state index in [0.717, 1.165) is 5.56 Å². The second-order valence-corrected chi connectivity index (χ2v) is 3.64. The Morgan fingerprint density at radius 2 is 2.18 bits per heavy atom. The van der Waals surface area contributed by atoms with E-state index >= 15 is 0 Å². The predicted molar refractivity (Wildman–Crippen MR) is 61.7 cm³/mol. The summed E-state index contributed by atoms with van der Waals surface area (Å²) in [5, 5.41) is 17.7. The highest BCUT2D eigenvalue weighted by molar-refractivity contribution is 5.85. The summed E-state index contributed by atoms with van der Waals surface area (Å²) >= 11 is 0. The number of benzene rings is 1. The van der Waals surface area contributed by atoms with Crippen LogP contribution in [0.1, 0.15) is 21.6 Å². The van der Waals surface area contributed by atoms with Gasteiger partial charge in [0.05, 0.1) is 11.6 Å². The molecule has 1 N–H and O–H groups in total. The van der Waals surface area contributed by atoms with Crippen LogP contribution in [-0.4, -0.2) is 15.6 Å². The van der Waals surface area contributed by atoms with E-state index in [1.54, 1.807) is 41.1 Å². The predicted octanol–water partition coefficient (Wildman–Crippen LogP) is 2.11. The summed E-state index contributed by atoms with van der Waals surface area (Å²) in [6.45, 7) is 0.449. The summed E-state index contributed by atoms with van der Waals surface area (Å²) in [5.74, 6) is -0.952. The van der Waals surface area contributed by atoms with Crippen molar-refractivity contribution in [2.75, 3.05) is 0 Å². The van der Waals surface area contributed by atoms with E-state index < -0.39 is 5.97 Å². The zero-order valence-electron chi connectivity index (χ0n) is 9.00. The van der Waals surface area contributed by atoms with Gasteiger partial charge in [0.25, 0.3) is 0 Å². The molecule has 0 aliphatic carbocycles. The number of aromatic nitrogens is 1. The van der Waals surface area contributed by atoms with Gasteiger partial charge >= 0.3 is 5.97 Å². The second-order valence-electron chi connectivity index (χ2n) is 3.64. The lowest BCUT2D eigenvalue weighted by atomic mass is 10.1. The fraction of sp³-hybridized carbons (Fsp3) is 0.0769. The van der Waals surface area contributed by atoms with Crippen LogP contribution in [0.25, 0.3) is 0 Å². The molecule has 0 fully saturated rings. The van der Waals surface area contributed by atoms with Crippen molar-refractivity contribution in [3.63, 3.8) is 0 Å². The summed E-state index contributed by atoms with van der Waals surface area (Å²) in [6.07, 6.45) is 1.71. The highest BCUT2D eigenvalue weighted by atomic mass is 16.4. The van der Waals surface area contributed by atoms with Crippen LogP contribution < -0.4 is 0 Å². The zero-order valence-corrected chi connectivity index (χ0v) is 9.00. The summed E-state index contributed by atoms with van der Waals surface area (Å²) < 4.78 is 1.64. The summed E-state index contributed by atoms with van der Waals surface area (Å²) in [4.78, 5) is 10.9. The first-order chi connectivity index (χ1) is 8.20. The van der Waals surface area contributed by atoms with Crippen LogP contribution in [0.2, 0.25) is 0 Å². The quantitative estimate of drug-likeness (QED) is 0.871. The van der Waals surface area contributed by atoms with Crippen molar-refractivity contribution >= 4 is 5.97 Å². The Hall–Kier alpha value is -2.54. The van der Waals surface area contributed by atoms with Crippen LogP contribution in [0.3, 0.4) is 0 Å². The Bertz CT molecular complexity index is 593. The highest BCUT2D eigenvalue weighted by Crippen LogP contribution is 2.09. The van der Waals surface area contributed by atoms with E-state index in [1.165, 1.54) is 0 Å². The van der Waals surface area contributed by atoms with Crippen LogP contribution in [-0.2, 0) is 6.54 Å². The minimum absolute atomic E-state index is 0.243. The van der Waals surface area contributed by atoms with Gasteiger partial charge in [0.1, 0.15) is 5.69 Å². The lowest BCUT2D eigenvalue weighted by molar-refractivity contribution is 0.0685. The minimum Gasteiger partial charge on any atom is -0.477 e. The van der Waals surface area contributed by atoms with Gasteiger partial charge in [-0.1, -0.05) is 12.1 Å². The number of carboxylic acid groups (broad SMARTS) is 1. The normalized spacial score (nSPS) is 9.82. The molecule has 0 aliphatic rings. The van der Waals surface area contributed by atoms with E-state index in [2.05, 4.69) is 6.07 Å². The Morgan fingerprint density at radius 3 is 2.88 bits per heavy atom. The molecule has 0 unspecified atom stereocenters. The lowest BCUT2D eigenvalue weighted by Gasteiger charge is -2.06. The molecule has 4 heteroatoms. The Kier molecular flexibility index (Phi) is 2.93. The van der Waals surface area contributed by atoms with Gasteiger partial charge in [0, 0.05) is 12.7 Å². The van der Waals surface area contributed by atoms with Crippen molar-refractivity contribution in [1.82, 2.24) is 4.57 Å². The molecule has 2 aromatic rings. The number of hydrogen-bond acceptors (Lipinski definition) is 2. The SMILES string of the molecule is N#Cc1cccc(Cn2cccc2C(=O)O)c1. The van der Waals surface area contributed by atoms with Crippen LogP contribution in [0.5, 0.6) is 0 Å². The van der Waals surface area contributed by atoms with Gasteiger partial charge in [0.15, 0.2) is 0 Å². The van der Waals surface area contributed by atoms with Crippen LogP contribution in [0, 0.1) is 11.3 Å². The topological polar surface area (TPSA) is 66.0 Å². The molecule has 0 saturated heterocycles. The number of nitrogens with zero attached hydrogens (tertiary/aromatic N) is 2. The smallest absolute Gasteiger partial charge is 0.352 e. The molecule has 2 rings (SSSR count). The Morgan fingerprint density at radius 1 is 1.35 bits per heavy atom. The summed E-state index contributed by atoms with van der Waals surface area (Å²) in [5.41, 5.74) is 1.72.